The van der Waals surface area contributed by atoms with Gasteiger partial charge in [-0.2, -0.15) is 0 Å². The third-order valence-corrected chi connectivity index (χ3v) is 2.09. The van der Waals surface area contributed by atoms with Gasteiger partial charge in [0.1, 0.15) is 0 Å². The van der Waals surface area contributed by atoms with Crippen molar-refractivity contribution in [3.05, 3.63) is 0 Å². The zero-order chi connectivity index (χ0) is 13.0. The highest BCUT2D eigenvalue weighted by molar-refractivity contribution is 4.75. The number of rotatable bonds is 6. The maximum atomic E-state index is 8.68. The van der Waals surface area contributed by atoms with Crippen LogP contribution in [0.15, 0.2) is 0 Å². The molecule has 0 bridgehead atoms. The topological polar surface area (TPSA) is 47.9 Å². The lowest BCUT2D eigenvalue weighted by atomic mass is 9.94. The van der Waals surface area contributed by atoms with Crippen molar-refractivity contribution in [1.29, 1.82) is 0 Å². The first-order valence-corrected chi connectivity index (χ1v) is 5.67. The highest BCUT2D eigenvalue weighted by Crippen LogP contribution is 2.25. The first-order chi connectivity index (χ1) is 6.97. The summed E-state index contributed by atoms with van der Waals surface area (Å²) in [7, 11) is 0. The predicted octanol–water partition coefficient (Wildman–Crippen LogP) is 3.56. The van der Waals surface area contributed by atoms with E-state index in [0.29, 0.717) is 6.42 Å². The van der Waals surface area contributed by atoms with E-state index in [4.69, 9.17) is 15.0 Å². The minimum atomic E-state index is -0.553. The van der Waals surface area contributed by atoms with Crippen molar-refractivity contribution in [1.82, 2.24) is 0 Å². The second-order valence-corrected chi connectivity index (χ2v) is 6.39. The lowest BCUT2D eigenvalue weighted by Crippen LogP contribution is -2.33. The Hall–Kier alpha value is -0.160. The molecule has 0 unspecified atom stereocenters. The van der Waals surface area contributed by atoms with Crippen LogP contribution in [0.3, 0.4) is 0 Å². The summed E-state index contributed by atoms with van der Waals surface area (Å²) in [6.45, 7) is 13.4. The molecule has 4 heteroatoms. The van der Waals surface area contributed by atoms with Gasteiger partial charge in [0, 0.05) is 0 Å². The van der Waals surface area contributed by atoms with E-state index in [9.17, 15) is 0 Å². The maximum Gasteiger partial charge on any atom is 0.0981 e. The van der Waals surface area contributed by atoms with Gasteiger partial charge in [0.05, 0.1) is 16.8 Å². The summed E-state index contributed by atoms with van der Waals surface area (Å²) >= 11 is 0. The molecule has 98 valence electrons. The Morgan fingerprint density at radius 3 is 1.56 bits per heavy atom. The average Bonchev–Trinajstić information content (AvgIpc) is 2.12. The van der Waals surface area contributed by atoms with Crippen molar-refractivity contribution in [3.63, 3.8) is 0 Å². The summed E-state index contributed by atoms with van der Waals surface area (Å²) in [4.78, 5) is 15.1. The van der Waals surface area contributed by atoms with Crippen LogP contribution in [-0.4, -0.2) is 22.1 Å². The van der Waals surface area contributed by atoms with Gasteiger partial charge in [-0.1, -0.05) is 0 Å². The predicted molar refractivity (Wildman–Crippen MR) is 63.0 cm³/mol. The summed E-state index contributed by atoms with van der Waals surface area (Å²) < 4.78 is 0. The van der Waals surface area contributed by atoms with Gasteiger partial charge in [0.15, 0.2) is 0 Å². The minimum absolute atomic E-state index is 0.319. The average molecular weight is 234 g/mol. The van der Waals surface area contributed by atoms with Gasteiger partial charge in [-0.05, 0) is 61.3 Å². The van der Waals surface area contributed by atoms with Crippen molar-refractivity contribution in [2.24, 2.45) is 0 Å². The SMILES string of the molecule is CC(C)(C)OOC(C)(C)CCC(C)(C)OO. The molecule has 0 aromatic rings. The zero-order valence-corrected chi connectivity index (χ0v) is 11.6. The molecule has 0 aliphatic rings. The minimum Gasteiger partial charge on any atom is -0.251 e. The fraction of sp³-hybridized carbons (Fsp3) is 1.00. The second kappa shape index (κ2) is 5.45. The molecular formula is C12H26O4. The fourth-order valence-corrected chi connectivity index (χ4v) is 0.927. The molecular weight excluding hydrogens is 208 g/mol. The molecule has 0 aromatic carbocycles. The summed E-state index contributed by atoms with van der Waals surface area (Å²) in [5.41, 5.74) is -1.27. The van der Waals surface area contributed by atoms with Crippen LogP contribution in [0, 0.1) is 0 Å². The van der Waals surface area contributed by atoms with Crippen LogP contribution < -0.4 is 0 Å². The first-order valence-electron chi connectivity index (χ1n) is 5.67. The molecule has 1 N–H and O–H groups in total. The van der Waals surface area contributed by atoms with E-state index in [-0.39, 0.29) is 5.60 Å². The largest absolute Gasteiger partial charge is 0.251 e. The van der Waals surface area contributed by atoms with Gasteiger partial charge in [0.25, 0.3) is 0 Å². The van der Waals surface area contributed by atoms with E-state index < -0.39 is 11.2 Å². The van der Waals surface area contributed by atoms with Crippen LogP contribution in [0.25, 0.3) is 0 Å². The van der Waals surface area contributed by atoms with Gasteiger partial charge < -0.3 is 0 Å². The lowest BCUT2D eigenvalue weighted by molar-refractivity contribution is -0.400. The van der Waals surface area contributed by atoms with Crippen LogP contribution >= 0.6 is 0 Å². The van der Waals surface area contributed by atoms with Crippen LogP contribution in [0.5, 0.6) is 0 Å². The Labute approximate surface area is 98.7 Å². The molecule has 0 radical (unpaired) electrons. The first kappa shape index (κ1) is 15.8. The monoisotopic (exact) mass is 234 g/mol. The zero-order valence-electron chi connectivity index (χ0n) is 11.6. The molecule has 0 saturated heterocycles. The molecule has 0 aliphatic carbocycles. The molecule has 0 rings (SSSR count). The van der Waals surface area contributed by atoms with Crippen molar-refractivity contribution in [3.8, 4) is 0 Å². The third-order valence-electron chi connectivity index (χ3n) is 2.09. The smallest absolute Gasteiger partial charge is 0.0981 e. The molecule has 0 amide bonds. The van der Waals surface area contributed by atoms with Crippen molar-refractivity contribution in [2.45, 2.75) is 78.1 Å². The van der Waals surface area contributed by atoms with E-state index in [0.717, 1.165) is 6.42 Å². The van der Waals surface area contributed by atoms with Crippen molar-refractivity contribution >= 4 is 0 Å². The van der Waals surface area contributed by atoms with E-state index in [2.05, 4.69) is 4.89 Å². The molecule has 0 aromatic heterocycles. The van der Waals surface area contributed by atoms with Gasteiger partial charge >= 0.3 is 0 Å². The summed E-state index contributed by atoms with van der Waals surface area (Å²) in [6.07, 6.45) is 1.42. The molecule has 0 atom stereocenters. The van der Waals surface area contributed by atoms with Crippen LogP contribution in [0.4, 0.5) is 0 Å². The quantitative estimate of drug-likeness (QED) is 0.564. The molecule has 0 spiro atoms. The number of hydrogen-bond donors (Lipinski definition) is 1. The third kappa shape index (κ3) is 8.05. The fourth-order valence-electron chi connectivity index (χ4n) is 0.927. The lowest BCUT2D eigenvalue weighted by Gasteiger charge is -2.31. The molecule has 0 fully saturated rings. The van der Waals surface area contributed by atoms with Crippen molar-refractivity contribution < 1.29 is 19.9 Å². The molecule has 0 saturated carbocycles. The standard InChI is InChI=1S/C12H26O4/c1-10(2,3)15-16-12(6,7)9-8-11(4,5)14-13/h13H,8-9H2,1-7H3. The van der Waals surface area contributed by atoms with Crippen LogP contribution in [0.2, 0.25) is 0 Å². The Morgan fingerprint density at radius 1 is 0.750 bits per heavy atom. The number of hydrogen-bond acceptors (Lipinski definition) is 4. The summed E-state index contributed by atoms with van der Waals surface area (Å²) in [6, 6.07) is 0. The van der Waals surface area contributed by atoms with Crippen molar-refractivity contribution in [2.75, 3.05) is 0 Å². The normalized spacial score (nSPS) is 14.2. The Bertz CT molecular complexity index is 204. The van der Waals surface area contributed by atoms with Crippen LogP contribution in [0.1, 0.15) is 61.3 Å². The Balaban J connectivity index is 4.06. The molecule has 0 heterocycles. The van der Waals surface area contributed by atoms with Crippen LogP contribution in [-0.2, 0) is 14.7 Å². The molecule has 16 heavy (non-hydrogen) atoms. The summed E-state index contributed by atoms with van der Waals surface area (Å²) in [5.74, 6) is 0. The van der Waals surface area contributed by atoms with E-state index in [1.54, 1.807) is 0 Å². The molecule has 4 nitrogen and oxygen atoms in total. The van der Waals surface area contributed by atoms with E-state index in [1.165, 1.54) is 0 Å². The molecule has 0 aliphatic heterocycles. The highest BCUT2D eigenvalue weighted by atomic mass is 17.2. The highest BCUT2D eigenvalue weighted by Gasteiger charge is 2.28. The Kier molecular flexibility index (Phi) is 5.39. The van der Waals surface area contributed by atoms with Gasteiger partial charge in [-0.25, -0.2) is 14.7 Å². The van der Waals surface area contributed by atoms with E-state index >= 15 is 0 Å². The van der Waals surface area contributed by atoms with Gasteiger partial charge in [0.2, 0.25) is 0 Å². The maximum absolute atomic E-state index is 8.68. The summed E-state index contributed by atoms with van der Waals surface area (Å²) in [5, 5.41) is 8.68. The Morgan fingerprint density at radius 2 is 1.19 bits per heavy atom. The van der Waals surface area contributed by atoms with E-state index in [1.807, 2.05) is 48.5 Å². The second-order valence-electron chi connectivity index (χ2n) is 6.39. The van der Waals surface area contributed by atoms with Gasteiger partial charge in [-0.15, -0.1) is 0 Å². The van der Waals surface area contributed by atoms with Gasteiger partial charge in [-0.3, -0.25) is 5.26 Å².